The fourth-order valence-corrected chi connectivity index (χ4v) is 2.76. The van der Waals surface area contributed by atoms with Gasteiger partial charge in [0, 0.05) is 12.1 Å². The minimum Gasteiger partial charge on any atom is -0.493 e. The van der Waals surface area contributed by atoms with Crippen LogP contribution in [0.25, 0.3) is 0 Å². The molecular formula is C23H23NO4. The van der Waals surface area contributed by atoms with Crippen molar-refractivity contribution in [3.8, 4) is 23.0 Å². The second-order valence-electron chi connectivity index (χ2n) is 6.13. The molecule has 3 aromatic carbocycles. The summed E-state index contributed by atoms with van der Waals surface area (Å²) in [5.74, 6) is 2.70. The molecule has 1 amide bonds. The summed E-state index contributed by atoms with van der Waals surface area (Å²) in [5, 5.41) is 2.93. The highest BCUT2D eigenvalue weighted by molar-refractivity contribution is 5.94. The van der Waals surface area contributed by atoms with Crippen molar-refractivity contribution in [2.24, 2.45) is 0 Å². The van der Waals surface area contributed by atoms with E-state index in [1.165, 1.54) is 0 Å². The molecule has 5 heteroatoms. The maximum atomic E-state index is 12.3. The van der Waals surface area contributed by atoms with Crippen molar-refractivity contribution in [2.75, 3.05) is 20.8 Å². The highest BCUT2D eigenvalue weighted by atomic mass is 16.5. The van der Waals surface area contributed by atoms with Crippen LogP contribution in [0.1, 0.15) is 15.9 Å². The van der Waals surface area contributed by atoms with Crippen molar-refractivity contribution < 1.29 is 19.0 Å². The fraction of sp³-hybridized carbons (Fsp3) is 0.174. The molecule has 0 aromatic heterocycles. The Kier molecular flexibility index (Phi) is 6.52. The number of para-hydroxylation sites is 1. The number of ether oxygens (including phenoxy) is 3. The minimum atomic E-state index is -0.119. The van der Waals surface area contributed by atoms with Crippen LogP contribution in [-0.2, 0) is 6.42 Å². The molecule has 0 heterocycles. The molecule has 0 aliphatic rings. The molecule has 5 nitrogen and oxygen atoms in total. The van der Waals surface area contributed by atoms with Crippen LogP contribution in [0.4, 0.5) is 0 Å². The third-order valence-electron chi connectivity index (χ3n) is 4.24. The average molecular weight is 377 g/mol. The van der Waals surface area contributed by atoms with Crippen LogP contribution in [-0.4, -0.2) is 26.7 Å². The molecule has 144 valence electrons. The molecule has 0 unspecified atom stereocenters. The lowest BCUT2D eigenvalue weighted by Crippen LogP contribution is -2.25. The molecule has 3 aromatic rings. The number of amides is 1. The molecule has 0 aliphatic heterocycles. The van der Waals surface area contributed by atoms with Crippen LogP contribution >= 0.6 is 0 Å². The van der Waals surface area contributed by atoms with Crippen molar-refractivity contribution in [2.45, 2.75) is 6.42 Å². The third-order valence-corrected chi connectivity index (χ3v) is 4.24. The topological polar surface area (TPSA) is 56.8 Å². The van der Waals surface area contributed by atoms with Crippen LogP contribution in [0.3, 0.4) is 0 Å². The molecule has 1 N–H and O–H groups in total. The second-order valence-corrected chi connectivity index (χ2v) is 6.13. The fourth-order valence-electron chi connectivity index (χ4n) is 2.76. The zero-order valence-electron chi connectivity index (χ0n) is 16.0. The summed E-state index contributed by atoms with van der Waals surface area (Å²) in [4.78, 5) is 12.3. The first-order valence-corrected chi connectivity index (χ1v) is 9.01. The van der Waals surface area contributed by atoms with Gasteiger partial charge in [0.1, 0.15) is 11.5 Å². The Balaban J connectivity index is 1.52. The number of benzene rings is 3. The highest BCUT2D eigenvalue weighted by Gasteiger charge is 2.07. The molecule has 0 fully saturated rings. The number of methoxy groups -OCH3 is 2. The zero-order valence-corrected chi connectivity index (χ0v) is 16.0. The van der Waals surface area contributed by atoms with E-state index in [-0.39, 0.29) is 5.91 Å². The second kappa shape index (κ2) is 9.46. The number of hydrogen-bond acceptors (Lipinski definition) is 4. The third kappa shape index (κ3) is 5.04. The van der Waals surface area contributed by atoms with E-state index in [1.54, 1.807) is 38.5 Å². The van der Waals surface area contributed by atoms with Crippen LogP contribution < -0.4 is 19.5 Å². The Labute approximate surface area is 164 Å². The minimum absolute atomic E-state index is 0.119. The molecule has 0 saturated heterocycles. The van der Waals surface area contributed by atoms with Crippen molar-refractivity contribution in [1.29, 1.82) is 0 Å². The van der Waals surface area contributed by atoms with Gasteiger partial charge in [-0.15, -0.1) is 0 Å². The Hall–Kier alpha value is -3.47. The predicted octanol–water partition coefficient (Wildman–Crippen LogP) is 4.47. The quantitative estimate of drug-likeness (QED) is 0.629. The van der Waals surface area contributed by atoms with E-state index in [2.05, 4.69) is 5.32 Å². The van der Waals surface area contributed by atoms with Gasteiger partial charge in [0.25, 0.3) is 5.91 Å². The van der Waals surface area contributed by atoms with E-state index in [1.807, 2.05) is 48.5 Å². The van der Waals surface area contributed by atoms with Gasteiger partial charge in [0.05, 0.1) is 14.2 Å². The van der Waals surface area contributed by atoms with Gasteiger partial charge >= 0.3 is 0 Å². The Morgan fingerprint density at radius 2 is 1.50 bits per heavy atom. The standard InChI is InChI=1S/C23H23NO4/c1-26-21-13-8-17(16-22(21)27-2)14-15-24-23(25)18-9-11-20(12-10-18)28-19-6-4-3-5-7-19/h3-13,16H,14-15H2,1-2H3,(H,24,25). The molecule has 0 saturated carbocycles. The lowest BCUT2D eigenvalue weighted by molar-refractivity contribution is 0.0954. The number of hydrogen-bond donors (Lipinski definition) is 1. The number of rotatable bonds is 8. The van der Waals surface area contributed by atoms with E-state index >= 15 is 0 Å². The van der Waals surface area contributed by atoms with Crippen molar-refractivity contribution >= 4 is 5.91 Å². The Bertz CT molecular complexity index is 908. The molecule has 0 aliphatic carbocycles. The van der Waals surface area contributed by atoms with Gasteiger partial charge in [-0.1, -0.05) is 24.3 Å². The molecule has 0 atom stereocenters. The van der Waals surface area contributed by atoms with E-state index in [0.29, 0.717) is 35.8 Å². The summed E-state index contributed by atoms with van der Waals surface area (Å²) in [7, 11) is 3.21. The largest absolute Gasteiger partial charge is 0.493 e. The lowest BCUT2D eigenvalue weighted by Gasteiger charge is -2.10. The van der Waals surface area contributed by atoms with Gasteiger partial charge in [-0.3, -0.25) is 4.79 Å². The van der Waals surface area contributed by atoms with Crippen LogP contribution in [0.2, 0.25) is 0 Å². The van der Waals surface area contributed by atoms with Gasteiger partial charge in [-0.2, -0.15) is 0 Å². The molecule has 28 heavy (non-hydrogen) atoms. The Morgan fingerprint density at radius 3 is 2.18 bits per heavy atom. The van der Waals surface area contributed by atoms with Gasteiger partial charge in [0.2, 0.25) is 0 Å². The first kappa shape index (κ1) is 19.3. The summed E-state index contributed by atoms with van der Waals surface area (Å²) in [6, 6.07) is 22.4. The van der Waals surface area contributed by atoms with E-state index in [4.69, 9.17) is 14.2 Å². The molecule has 0 bridgehead atoms. The first-order chi connectivity index (χ1) is 13.7. The monoisotopic (exact) mass is 377 g/mol. The molecule has 3 rings (SSSR count). The van der Waals surface area contributed by atoms with Gasteiger partial charge < -0.3 is 19.5 Å². The van der Waals surface area contributed by atoms with Crippen molar-refractivity contribution in [3.05, 3.63) is 83.9 Å². The predicted molar refractivity (Wildman–Crippen MR) is 109 cm³/mol. The summed E-state index contributed by atoms with van der Waals surface area (Å²) < 4.78 is 16.3. The smallest absolute Gasteiger partial charge is 0.251 e. The number of carbonyl (C=O) groups is 1. The summed E-state index contributed by atoms with van der Waals surface area (Å²) in [6.45, 7) is 0.524. The molecule has 0 spiro atoms. The molecular weight excluding hydrogens is 354 g/mol. The van der Waals surface area contributed by atoms with E-state index in [9.17, 15) is 4.79 Å². The van der Waals surface area contributed by atoms with Gasteiger partial charge in [0.15, 0.2) is 11.5 Å². The summed E-state index contributed by atoms with van der Waals surface area (Å²) >= 11 is 0. The number of carbonyl (C=O) groups excluding carboxylic acids is 1. The van der Waals surface area contributed by atoms with Gasteiger partial charge in [-0.25, -0.2) is 0 Å². The van der Waals surface area contributed by atoms with Crippen molar-refractivity contribution in [1.82, 2.24) is 5.32 Å². The maximum Gasteiger partial charge on any atom is 0.251 e. The highest BCUT2D eigenvalue weighted by Crippen LogP contribution is 2.27. The lowest BCUT2D eigenvalue weighted by atomic mass is 10.1. The normalized spacial score (nSPS) is 10.2. The first-order valence-electron chi connectivity index (χ1n) is 9.01. The van der Waals surface area contributed by atoms with Crippen LogP contribution in [0, 0.1) is 0 Å². The van der Waals surface area contributed by atoms with E-state index < -0.39 is 0 Å². The maximum absolute atomic E-state index is 12.3. The van der Waals surface area contributed by atoms with Crippen molar-refractivity contribution in [3.63, 3.8) is 0 Å². The zero-order chi connectivity index (χ0) is 19.8. The summed E-state index contributed by atoms with van der Waals surface area (Å²) in [5.41, 5.74) is 1.65. The van der Waals surface area contributed by atoms with E-state index in [0.717, 1.165) is 11.3 Å². The van der Waals surface area contributed by atoms with Gasteiger partial charge in [-0.05, 0) is 60.5 Å². The molecule has 0 radical (unpaired) electrons. The SMILES string of the molecule is COc1ccc(CCNC(=O)c2ccc(Oc3ccccc3)cc2)cc1OC. The number of nitrogens with one attached hydrogen (secondary N) is 1. The summed E-state index contributed by atoms with van der Waals surface area (Å²) in [6.07, 6.45) is 0.696. The van der Waals surface area contributed by atoms with Crippen LogP contribution in [0.15, 0.2) is 72.8 Å². The average Bonchev–Trinajstić information content (AvgIpc) is 2.74. The Morgan fingerprint density at radius 1 is 0.821 bits per heavy atom. The van der Waals surface area contributed by atoms with Crippen LogP contribution in [0.5, 0.6) is 23.0 Å².